The number of hydrogen-bond acceptors (Lipinski definition) is 3. The third-order valence-corrected chi connectivity index (χ3v) is 5.57. The van der Waals surface area contributed by atoms with Gasteiger partial charge in [0.15, 0.2) is 11.7 Å². The lowest BCUT2D eigenvalue weighted by Crippen LogP contribution is -2.41. The first-order valence-electron chi connectivity index (χ1n) is 10.9. The number of carboxylic acids is 1. The van der Waals surface area contributed by atoms with E-state index in [0.29, 0.717) is 0 Å². The Morgan fingerprint density at radius 3 is 2.10 bits per heavy atom. The van der Waals surface area contributed by atoms with Gasteiger partial charge < -0.3 is 15.2 Å². The number of aromatic amines is 2. The maximum absolute atomic E-state index is 13.7. The molecule has 0 radical (unpaired) electrons. The number of carbonyl (C=O) groups is 2. The van der Waals surface area contributed by atoms with Crippen LogP contribution in [0.4, 0.5) is 39.5 Å². The number of alkyl halides is 9. The van der Waals surface area contributed by atoms with Gasteiger partial charge in [-0.2, -0.15) is 43.9 Å². The molecule has 0 spiro atoms. The molecule has 0 bridgehead atoms. The van der Waals surface area contributed by atoms with Crippen LogP contribution in [0, 0.1) is 0 Å². The highest BCUT2D eigenvalue weighted by molar-refractivity contribution is 6.33. The summed E-state index contributed by atoms with van der Waals surface area (Å²) >= 11 is 6.10. The van der Waals surface area contributed by atoms with Crippen molar-refractivity contribution < 1.29 is 63.6 Å². The Balaban J connectivity index is 0.000000587. The van der Waals surface area contributed by atoms with E-state index < -0.39 is 42.0 Å². The number of halogens is 10. The molecule has 0 saturated carbocycles. The molecule has 0 aliphatic carbocycles. The van der Waals surface area contributed by atoms with E-state index in [0.717, 1.165) is 18.2 Å². The highest BCUT2D eigenvalue weighted by Crippen LogP contribution is 2.35. The van der Waals surface area contributed by atoms with Crippen molar-refractivity contribution in [2.45, 2.75) is 24.6 Å². The maximum atomic E-state index is 13.7. The van der Waals surface area contributed by atoms with Gasteiger partial charge in [-0.25, -0.2) is 9.97 Å². The number of nitrogens with zero attached hydrogens (tertiary/aromatic N) is 1. The van der Waals surface area contributed by atoms with E-state index in [4.69, 9.17) is 21.5 Å². The molecule has 0 aliphatic rings. The summed E-state index contributed by atoms with van der Waals surface area (Å²) < 4.78 is 113. The van der Waals surface area contributed by atoms with Gasteiger partial charge in [0.25, 0.3) is 11.7 Å². The number of imidazole rings is 1. The van der Waals surface area contributed by atoms with Gasteiger partial charge in [-0.1, -0.05) is 23.7 Å². The van der Waals surface area contributed by atoms with Gasteiger partial charge in [0.05, 0.1) is 22.3 Å². The zero-order valence-corrected chi connectivity index (χ0v) is 20.6. The number of carboxylic acid groups (broad SMARTS) is 1. The predicted molar refractivity (Wildman–Crippen MR) is 120 cm³/mol. The van der Waals surface area contributed by atoms with Gasteiger partial charge >= 0.3 is 18.5 Å². The number of fused-ring (bicyclic) bond motifs is 1. The van der Waals surface area contributed by atoms with E-state index in [1.54, 1.807) is 12.1 Å². The second kappa shape index (κ2) is 11.6. The van der Waals surface area contributed by atoms with Crippen molar-refractivity contribution in [3.05, 3.63) is 89.0 Å². The Hall–Kier alpha value is -4.34. The van der Waals surface area contributed by atoms with E-state index in [1.807, 2.05) is 5.32 Å². The van der Waals surface area contributed by atoms with Crippen LogP contribution in [0.5, 0.6) is 0 Å². The van der Waals surface area contributed by atoms with Crippen LogP contribution in [-0.4, -0.2) is 29.2 Å². The smallest absolute Gasteiger partial charge is 0.430 e. The minimum Gasteiger partial charge on any atom is -0.542 e. The molecule has 0 aliphatic heterocycles. The van der Waals surface area contributed by atoms with Gasteiger partial charge in [-0.05, 0) is 30.3 Å². The van der Waals surface area contributed by atoms with Crippen molar-refractivity contribution >= 4 is 29.0 Å². The molecule has 41 heavy (non-hydrogen) atoms. The lowest BCUT2D eigenvalue weighted by Gasteiger charge is -2.17. The summed E-state index contributed by atoms with van der Waals surface area (Å²) in [5.41, 5.74) is -1.15. The number of aromatic nitrogens is 3. The van der Waals surface area contributed by atoms with Gasteiger partial charge in [0.2, 0.25) is 17.4 Å². The van der Waals surface area contributed by atoms with E-state index in [2.05, 4.69) is 9.97 Å². The Morgan fingerprint density at radius 2 is 1.59 bits per heavy atom. The molecule has 218 valence electrons. The standard InChI is InChI=1S/C22H13ClF6N4O.C2HF3O2/c23-14-11-12(21(24,25)26)7-8-13(14)19-31-17(16-6-2-4-10-33(16)19)20(34)32-18(22(27,28)29)15-5-1-3-9-30-15;3-2(4,5)1(6)7/h1-11,18H,(H,32,34);(H,6,7)/p+1. The van der Waals surface area contributed by atoms with Crippen LogP contribution in [0.15, 0.2) is 67.0 Å². The molecule has 1 atom stereocenters. The van der Waals surface area contributed by atoms with Crippen molar-refractivity contribution in [3.63, 3.8) is 0 Å². The summed E-state index contributed by atoms with van der Waals surface area (Å²) in [7, 11) is 0. The van der Waals surface area contributed by atoms with Crippen molar-refractivity contribution in [2.24, 2.45) is 0 Å². The fourth-order valence-electron chi connectivity index (χ4n) is 3.46. The molecule has 7 nitrogen and oxygen atoms in total. The highest BCUT2D eigenvalue weighted by Gasteiger charge is 2.46. The van der Waals surface area contributed by atoms with Gasteiger partial charge in [0, 0.05) is 12.1 Å². The van der Waals surface area contributed by atoms with Crippen molar-refractivity contribution in [1.82, 2.24) is 10.3 Å². The number of aliphatic carboxylic acids is 1. The molecular formula is C24H15ClF9N4O3+. The van der Waals surface area contributed by atoms with E-state index in [-0.39, 0.29) is 33.3 Å². The molecule has 4 rings (SSSR count). The number of amides is 1. The monoisotopic (exact) mass is 613 g/mol. The summed E-state index contributed by atoms with van der Waals surface area (Å²) in [6.07, 6.45) is -11.8. The molecule has 3 N–H and O–H groups in total. The van der Waals surface area contributed by atoms with E-state index in [9.17, 15) is 44.3 Å². The number of nitrogens with one attached hydrogen (secondary N) is 3. The molecule has 3 heterocycles. The summed E-state index contributed by atoms with van der Waals surface area (Å²) in [5.74, 6) is -3.96. The molecule has 17 heteroatoms. The minimum atomic E-state index is -5.19. The first-order chi connectivity index (χ1) is 18.9. The van der Waals surface area contributed by atoms with E-state index in [1.165, 1.54) is 41.1 Å². The molecule has 1 aromatic carbocycles. The molecule has 1 unspecified atom stereocenters. The van der Waals surface area contributed by atoms with Gasteiger partial charge in [-0.3, -0.25) is 4.79 Å². The molecule has 0 saturated heterocycles. The summed E-state index contributed by atoms with van der Waals surface area (Å²) in [5, 5.41) is 10.5. The molecular weight excluding hydrogens is 599 g/mol. The van der Waals surface area contributed by atoms with Crippen LogP contribution in [-0.2, 0) is 11.0 Å². The predicted octanol–water partition coefficient (Wildman–Crippen LogP) is 4.24. The zero-order valence-electron chi connectivity index (χ0n) is 19.9. The number of H-pyrrole nitrogens is 2. The number of rotatable bonds is 4. The van der Waals surface area contributed by atoms with Crippen LogP contribution in [0.25, 0.3) is 16.9 Å². The molecule has 0 fully saturated rings. The quantitative estimate of drug-likeness (QED) is 0.266. The summed E-state index contributed by atoms with van der Waals surface area (Å²) in [6, 6.07) is 9.04. The maximum Gasteiger partial charge on any atom is 0.430 e. The average Bonchev–Trinajstić information content (AvgIpc) is 3.26. The van der Waals surface area contributed by atoms with Gasteiger partial charge in [-0.15, -0.1) is 0 Å². The van der Waals surface area contributed by atoms with Crippen LogP contribution in [0.1, 0.15) is 27.8 Å². The average molecular weight is 614 g/mol. The van der Waals surface area contributed by atoms with Crippen molar-refractivity contribution in [2.75, 3.05) is 0 Å². The second-order valence-electron chi connectivity index (χ2n) is 8.05. The SMILES string of the molecule is O=C(NC(c1cccc[nH+]1)C(F)(F)F)c1[nH]c(-c2ccc(C(F)(F)F)cc2Cl)[n+]2ccccc12.O=C([O-])C(F)(F)F. The number of hydrogen-bond donors (Lipinski definition) is 2. The first kappa shape index (κ1) is 31.2. The Morgan fingerprint density at radius 1 is 0.951 bits per heavy atom. The zero-order chi connectivity index (χ0) is 30.8. The Kier molecular flexibility index (Phi) is 8.86. The Bertz CT molecular complexity index is 1550. The summed E-state index contributed by atoms with van der Waals surface area (Å²) in [6.45, 7) is 0. The normalized spacial score (nSPS) is 12.8. The number of benzene rings is 1. The Labute approximate surface area is 228 Å². The van der Waals surface area contributed by atoms with Crippen LogP contribution >= 0.6 is 11.6 Å². The first-order valence-corrected chi connectivity index (χ1v) is 11.3. The van der Waals surface area contributed by atoms with Gasteiger partial charge in [0.1, 0.15) is 5.97 Å². The van der Waals surface area contributed by atoms with Crippen LogP contribution in [0.3, 0.4) is 0 Å². The summed E-state index contributed by atoms with van der Waals surface area (Å²) in [4.78, 5) is 26.9. The minimum absolute atomic E-state index is 0.120. The largest absolute Gasteiger partial charge is 0.542 e. The van der Waals surface area contributed by atoms with Crippen molar-refractivity contribution in [1.29, 1.82) is 0 Å². The lowest BCUT2D eigenvalue weighted by atomic mass is 10.1. The topological polar surface area (TPSA) is 103 Å². The van der Waals surface area contributed by atoms with Crippen molar-refractivity contribution in [3.8, 4) is 11.4 Å². The molecule has 4 aromatic rings. The number of carbonyl (C=O) groups excluding carboxylic acids is 2. The molecule has 1 amide bonds. The second-order valence-corrected chi connectivity index (χ2v) is 8.46. The number of pyridine rings is 2. The fraction of sp³-hybridized carbons (Fsp3) is 0.167. The highest BCUT2D eigenvalue weighted by atomic mass is 35.5. The lowest BCUT2D eigenvalue weighted by molar-refractivity contribution is -0.498. The third-order valence-electron chi connectivity index (χ3n) is 5.26. The molecule has 3 aromatic heterocycles. The fourth-order valence-corrected chi connectivity index (χ4v) is 3.73. The van der Waals surface area contributed by atoms with Crippen LogP contribution < -0.4 is 19.8 Å². The van der Waals surface area contributed by atoms with E-state index >= 15 is 0 Å². The third kappa shape index (κ3) is 7.45. The van der Waals surface area contributed by atoms with Crippen LogP contribution in [0.2, 0.25) is 5.02 Å².